The lowest BCUT2D eigenvalue weighted by Crippen LogP contribution is -2.50. The van der Waals surface area contributed by atoms with Gasteiger partial charge in [0, 0.05) is 13.1 Å². The number of nitrogens with zero attached hydrogens (tertiary/aromatic N) is 5. The number of aliphatic carboxylic acids is 1. The monoisotopic (exact) mass is 338 g/mol. The summed E-state index contributed by atoms with van der Waals surface area (Å²) in [5.41, 5.74) is 17.2. The Kier molecular flexibility index (Phi) is 5.11. The van der Waals surface area contributed by atoms with Gasteiger partial charge in [-0.3, -0.25) is 4.79 Å². The summed E-state index contributed by atoms with van der Waals surface area (Å²) >= 11 is 0. The molecule has 2 aromatic rings. The molecule has 0 aliphatic heterocycles. The molecule has 0 radical (unpaired) electrons. The number of anilines is 2. The Morgan fingerprint density at radius 1 is 1.33 bits per heavy atom. The molecule has 130 valence electrons. The normalized spacial score (nSPS) is 12.2. The minimum atomic E-state index is -1.39. The molecule has 0 aromatic carbocycles. The van der Waals surface area contributed by atoms with Crippen LogP contribution >= 0.6 is 0 Å². The van der Waals surface area contributed by atoms with Crippen LogP contribution in [-0.2, 0) is 16.1 Å². The van der Waals surface area contributed by atoms with Crippen molar-refractivity contribution in [3.05, 3.63) is 6.33 Å². The summed E-state index contributed by atoms with van der Waals surface area (Å²) < 4.78 is 1.37. The van der Waals surface area contributed by atoms with Crippen molar-refractivity contribution < 1.29 is 19.8 Å². The third-order valence-corrected chi connectivity index (χ3v) is 3.34. The van der Waals surface area contributed by atoms with Crippen molar-refractivity contribution in [1.29, 1.82) is 0 Å². The van der Waals surface area contributed by atoms with Crippen LogP contribution in [0.4, 0.5) is 11.8 Å². The van der Waals surface area contributed by atoms with E-state index in [-0.39, 0.29) is 42.6 Å². The fourth-order valence-electron chi connectivity index (χ4n) is 2.24. The third kappa shape index (κ3) is 3.33. The van der Waals surface area contributed by atoms with Crippen LogP contribution in [0.2, 0.25) is 0 Å². The maximum atomic E-state index is 12.5. The average molecular weight is 338 g/mol. The van der Waals surface area contributed by atoms with E-state index in [4.69, 9.17) is 22.3 Å². The first kappa shape index (κ1) is 17.4. The molecule has 0 saturated heterocycles. The Labute approximate surface area is 135 Å². The van der Waals surface area contributed by atoms with Crippen LogP contribution < -0.4 is 17.2 Å². The lowest BCUT2D eigenvalue weighted by atomic mass is 10.2. The molecule has 2 aromatic heterocycles. The van der Waals surface area contributed by atoms with Crippen LogP contribution in [0.1, 0.15) is 0 Å². The molecule has 1 amide bonds. The zero-order chi connectivity index (χ0) is 17.9. The second-order valence-electron chi connectivity index (χ2n) is 4.92. The summed E-state index contributed by atoms with van der Waals surface area (Å²) in [5, 5.41) is 18.3. The van der Waals surface area contributed by atoms with E-state index >= 15 is 0 Å². The number of aromatic nitrogens is 4. The topological polar surface area (TPSA) is 200 Å². The molecule has 0 bridgehead atoms. The van der Waals surface area contributed by atoms with E-state index < -0.39 is 24.5 Å². The molecule has 0 saturated carbocycles. The predicted molar refractivity (Wildman–Crippen MR) is 83.4 cm³/mol. The van der Waals surface area contributed by atoms with Gasteiger partial charge in [-0.2, -0.15) is 9.97 Å². The van der Waals surface area contributed by atoms with E-state index in [1.165, 1.54) is 10.9 Å². The van der Waals surface area contributed by atoms with Crippen LogP contribution in [0.5, 0.6) is 0 Å². The first-order valence-electron chi connectivity index (χ1n) is 6.96. The highest BCUT2D eigenvalue weighted by atomic mass is 16.4. The Balaban J connectivity index is 2.31. The molecular weight excluding hydrogens is 320 g/mol. The molecular formula is C12H18N8O4. The van der Waals surface area contributed by atoms with E-state index in [0.717, 1.165) is 4.90 Å². The second kappa shape index (κ2) is 7.06. The number of carbonyl (C=O) groups is 2. The fourth-order valence-corrected chi connectivity index (χ4v) is 2.24. The molecule has 0 fully saturated rings. The van der Waals surface area contributed by atoms with Gasteiger partial charge in [-0.15, -0.1) is 0 Å². The van der Waals surface area contributed by atoms with Gasteiger partial charge in [-0.25, -0.2) is 9.78 Å². The standard InChI is InChI=1S/C12H18N8O4/c13-1-2-20(6(4-21)11(23)24)7(22)3-19-5-16-8-9(14)17-12(15)18-10(8)19/h5-6,21H,1-4,13H2,(H,23,24)(H4,14,15,17,18)/t6-/m1/s1. The molecule has 0 aliphatic rings. The van der Waals surface area contributed by atoms with Gasteiger partial charge < -0.3 is 36.9 Å². The third-order valence-electron chi connectivity index (χ3n) is 3.34. The molecule has 2 rings (SSSR count). The summed E-state index contributed by atoms with van der Waals surface area (Å²) in [6, 6.07) is -1.39. The number of aliphatic hydroxyl groups is 1. The van der Waals surface area contributed by atoms with Gasteiger partial charge in [0.05, 0.1) is 12.9 Å². The van der Waals surface area contributed by atoms with Crippen molar-refractivity contribution in [2.75, 3.05) is 31.2 Å². The predicted octanol–water partition coefficient (Wildman–Crippen LogP) is -2.78. The SMILES string of the molecule is NCCN(C(=O)Cn1cnc2c(N)nc(N)nc21)[C@H](CO)C(=O)O. The highest BCUT2D eigenvalue weighted by molar-refractivity contribution is 5.86. The zero-order valence-corrected chi connectivity index (χ0v) is 12.7. The molecule has 24 heavy (non-hydrogen) atoms. The van der Waals surface area contributed by atoms with Crippen LogP contribution in [0.3, 0.4) is 0 Å². The van der Waals surface area contributed by atoms with Crippen molar-refractivity contribution in [3.63, 3.8) is 0 Å². The van der Waals surface area contributed by atoms with Crippen LogP contribution in [0.25, 0.3) is 11.2 Å². The largest absolute Gasteiger partial charge is 0.480 e. The number of hydrogen-bond donors (Lipinski definition) is 5. The number of carbonyl (C=O) groups excluding carboxylic acids is 1. The molecule has 12 heteroatoms. The number of imidazole rings is 1. The number of nitrogen functional groups attached to an aromatic ring is 2. The zero-order valence-electron chi connectivity index (χ0n) is 12.7. The minimum Gasteiger partial charge on any atom is -0.480 e. The van der Waals surface area contributed by atoms with Crippen LogP contribution in [0, 0.1) is 0 Å². The number of carboxylic acids is 1. The lowest BCUT2D eigenvalue weighted by molar-refractivity contribution is -0.152. The van der Waals surface area contributed by atoms with Gasteiger partial charge in [0.25, 0.3) is 0 Å². The highest BCUT2D eigenvalue weighted by Gasteiger charge is 2.29. The lowest BCUT2D eigenvalue weighted by Gasteiger charge is -2.27. The fraction of sp³-hybridized carbons (Fsp3) is 0.417. The number of fused-ring (bicyclic) bond motifs is 1. The van der Waals surface area contributed by atoms with Crippen molar-refractivity contribution in [1.82, 2.24) is 24.4 Å². The van der Waals surface area contributed by atoms with Gasteiger partial charge in [0.15, 0.2) is 17.5 Å². The molecule has 0 aliphatic carbocycles. The first-order valence-corrected chi connectivity index (χ1v) is 6.96. The number of amides is 1. The molecule has 2 heterocycles. The van der Waals surface area contributed by atoms with Crippen molar-refractivity contribution >= 4 is 34.8 Å². The minimum absolute atomic E-state index is 0.0255. The summed E-state index contributed by atoms with van der Waals surface area (Å²) in [7, 11) is 0. The van der Waals surface area contributed by atoms with E-state index in [2.05, 4.69) is 15.0 Å². The summed E-state index contributed by atoms with van der Waals surface area (Å²) in [6.45, 7) is -0.978. The summed E-state index contributed by atoms with van der Waals surface area (Å²) in [5.74, 6) is -1.91. The molecule has 0 spiro atoms. The average Bonchev–Trinajstić information content (AvgIpc) is 2.90. The van der Waals surface area contributed by atoms with Gasteiger partial charge in [0.1, 0.15) is 12.1 Å². The van der Waals surface area contributed by atoms with E-state index in [1.807, 2.05) is 0 Å². The number of carboxylic acid groups (broad SMARTS) is 1. The van der Waals surface area contributed by atoms with Gasteiger partial charge in [-0.05, 0) is 0 Å². The summed E-state index contributed by atoms with van der Waals surface area (Å²) in [6.07, 6.45) is 1.32. The van der Waals surface area contributed by atoms with Crippen molar-refractivity contribution in [3.8, 4) is 0 Å². The number of nitrogens with two attached hydrogens (primary N) is 3. The maximum absolute atomic E-state index is 12.5. The van der Waals surface area contributed by atoms with Crippen molar-refractivity contribution in [2.24, 2.45) is 5.73 Å². The van der Waals surface area contributed by atoms with Crippen LogP contribution in [-0.4, -0.2) is 72.2 Å². The quantitative estimate of drug-likeness (QED) is 0.351. The molecule has 0 unspecified atom stereocenters. The van der Waals surface area contributed by atoms with Gasteiger partial charge in [-0.1, -0.05) is 0 Å². The maximum Gasteiger partial charge on any atom is 0.328 e. The van der Waals surface area contributed by atoms with Crippen LogP contribution in [0.15, 0.2) is 6.33 Å². The van der Waals surface area contributed by atoms with Gasteiger partial charge >= 0.3 is 5.97 Å². The molecule has 12 nitrogen and oxygen atoms in total. The highest BCUT2D eigenvalue weighted by Crippen LogP contribution is 2.17. The number of hydrogen-bond acceptors (Lipinski definition) is 9. The smallest absolute Gasteiger partial charge is 0.328 e. The summed E-state index contributed by atoms with van der Waals surface area (Å²) in [4.78, 5) is 36.4. The van der Waals surface area contributed by atoms with Crippen molar-refractivity contribution in [2.45, 2.75) is 12.6 Å². The Hall–Kier alpha value is -2.99. The Bertz CT molecular complexity index is 761. The first-order chi connectivity index (χ1) is 11.4. The molecule has 1 atom stereocenters. The number of aliphatic hydroxyl groups excluding tert-OH is 1. The van der Waals surface area contributed by atoms with Gasteiger partial charge in [0.2, 0.25) is 11.9 Å². The Morgan fingerprint density at radius 3 is 2.62 bits per heavy atom. The second-order valence-corrected chi connectivity index (χ2v) is 4.92. The Morgan fingerprint density at radius 2 is 2.04 bits per heavy atom. The molecule has 8 N–H and O–H groups in total. The van der Waals surface area contributed by atoms with E-state index in [0.29, 0.717) is 0 Å². The van der Waals surface area contributed by atoms with E-state index in [9.17, 15) is 14.7 Å². The van der Waals surface area contributed by atoms with E-state index in [1.54, 1.807) is 0 Å². The number of rotatable bonds is 7.